The maximum absolute atomic E-state index is 5.62. The SMILES string of the molecule is Cn1cc(N2C=C(N)SC2)cn1. The molecule has 1 aliphatic heterocycles. The van der Waals surface area contributed by atoms with Crippen LogP contribution in [0.4, 0.5) is 5.69 Å². The highest BCUT2D eigenvalue weighted by molar-refractivity contribution is 8.03. The summed E-state index contributed by atoms with van der Waals surface area (Å²) in [6.07, 6.45) is 5.73. The second-order valence-electron chi connectivity index (χ2n) is 2.65. The highest BCUT2D eigenvalue weighted by atomic mass is 32.2. The summed E-state index contributed by atoms with van der Waals surface area (Å²) in [4.78, 5) is 2.08. The average Bonchev–Trinajstić information content (AvgIpc) is 2.58. The molecule has 0 bridgehead atoms. The van der Waals surface area contributed by atoms with E-state index in [-0.39, 0.29) is 0 Å². The minimum atomic E-state index is 0.860. The summed E-state index contributed by atoms with van der Waals surface area (Å²) in [6, 6.07) is 0. The number of nitrogens with two attached hydrogens (primary N) is 1. The van der Waals surface area contributed by atoms with E-state index in [2.05, 4.69) is 10.00 Å². The summed E-state index contributed by atoms with van der Waals surface area (Å²) in [5.74, 6) is 0.886. The van der Waals surface area contributed by atoms with Gasteiger partial charge in [0.25, 0.3) is 0 Å². The van der Waals surface area contributed by atoms with Crippen molar-refractivity contribution in [3.8, 4) is 0 Å². The number of hydrogen-bond donors (Lipinski definition) is 1. The smallest absolute Gasteiger partial charge is 0.0838 e. The molecular weight excluding hydrogens is 172 g/mol. The van der Waals surface area contributed by atoms with Crippen LogP contribution in [0.5, 0.6) is 0 Å². The summed E-state index contributed by atoms with van der Waals surface area (Å²) in [5, 5.41) is 4.94. The Hall–Kier alpha value is -1.10. The first-order chi connectivity index (χ1) is 5.75. The molecule has 5 heteroatoms. The maximum atomic E-state index is 5.62. The minimum Gasteiger partial charge on any atom is -0.392 e. The number of anilines is 1. The largest absolute Gasteiger partial charge is 0.392 e. The molecule has 0 aromatic carbocycles. The molecule has 1 aromatic heterocycles. The van der Waals surface area contributed by atoms with Gasteiger partial charge in [-0.25, -0.2) is 0 Å². The van der Waals surface area contributed by atoms with E-state index in [9.17, 15) is 0 Å². The monoisotopic (exact) mass is 182 g/mol. The van der Waals surface area contributed by atoms with E-state index < -0.39 is 0 Å². The molecule has 0 atom stereocenters. The van der Waals surface area contributed by atoms with Gasteiger partial charge in [0.15, 0.2) is 0 Å². The quantitative estimate of drug-likeness (QED) is 0.694. The van der Waals surface area contributed by atoms with Crippen LogP contribution in [0.25, 0.3) is 0 Å². The van der Waals surface area contributed by atoms with Gasteiger partial charge in [0.1, 0.15) is 0 Å². The lowest BCUT2D eigenvalue weighted by atomic mass is 10.5. The van der Waals surface area contributed by atoms with Crippen molar-refractivity contribution in [1.82, 2.24) is 9.78 Å². The maximum Gasteiger partial charge on any atom is 0.0838 e. The molecule has 0 spiro atoms. The lowest BCUT2D eigenvalue weighted by Gasteiger charge is -2.09. The van der Waals surface area contributed by atoms with Crippen molar-refractivity contribution in [2.75, 3.05) is 10.8 Å². The molecule has 0 aliphatic carbocycles. The van der Waals surface area contributed by atoms with E-state index in [4.69, 9.17) is 5.73 Å². The Bertz CT molecular complexity index is 317. The fourth-order valence-corrected chi connectivity index (χ4v) is 1.79. The molecule has 1 aromatic rings. The van der Waals surface area contributed by atoms with Crippen LogP contribution in [0.15, 0.2) is 23.6 Å². The van der Waals surface area contributed by atoms with Gasteiger partial charge in [0, 0.05) is 19.4 Å². The van der Waals surface area contributed by atoms with Crippen LogP contribution in [0.2, 0.25) is 0 Å². The zero-order valence-corrected chi connectivity index (χ0v) is 7.58. The Labute approximate surface area is 75.0 Å². The molecule has 64 valence electrons. The van der Waals surface area contributed by atoms with Crippen molar-refractivity contribution < 1.29 is 0 Å². The van der Waals surface area contributed by atoms with E-state index in [1.807, 2.05) is 25.6 Å². The summed E-state index contributed by atoms with van der Waals surface area (Å²) < 4.78 is 1.78. The zero-order valence-electron chi connectivity index (χ0n) is 6.77. The van der Waals surface area contributed by atoms with Crippen LogP contribution in [0.1, 0.15) is 0 Å². The van der Waals surface area contributed by atoms with Crippen molar-refractivity contribution >= 4 is 17.4 Å². The predicted octanol–water partition coefficient (Wildman–Crippen LogP) is 0.688. The fraction of sp³-hybridized carbons (Fsp3) is 0.286. The summed E-state index contributed by atoms with van der Waals surface area (Å²) in [5.41, 5.74) is 6.71. The average molecular weight is 182 g/mol. The number of thioether (sulfide) groups is 1. The first kappa shape index (κ1) is 7.54. The summed E-state index contributed by atoms with van der Waals surface area (Å²) >= 11 is 1.64. The number of rotatable bonds is 1. The van der Waals surface area contributed by atoms with Gasteiger partial charge in [-0.2, -0.15) is 5.10 Å². The molecule has 0 fully saturated rings. The summed E-state index contributed by atoms with van der Waals surface area (Å²) in [7, 11) is 1.90. The third kappa shape index (κ3) is 1.27. The van der Waals surface area contributed by atoms with Crippen molar-refractivity contribution in [2.24, 2.45) is 12.8 Å². The van der Waals surface area contributed by atoms with E-state index in [1.165, 1.54) is 0 Å². The normalized spacial score (nSPS) is 16.8. The van der Waals surface area contributed by atoms with Gasteiger partial charge in [-0.05, 0) is 0 Å². The van der Waals surface area contributed by atoms with Crippen molar-refractivity contribution in [2.45, 2.75) is 0 Å². The summed E-state index contributed by atoms with van der Waals surface area (Å²) in [6.45, 7) is 0. The van der Waals surface area contributed by atoms with Gasteiger partial charge in [-0.3, -0.25) is 4.68 Å². The first-order valence-corrected chi connectivity index (χ1v) is 4.59. The minimum absolute atomic E-state index is 0.860. The highest BCUT2D eigenvalue weighted by Crippen LogP contribution is 2.25. The number of aryl methyl sites for hydroxylation is 1. The lowest BCUT2D eigenvalue weighted by Crippen LogP contribution is -2.09. The Morgan fingerprint density at radius 1 is 1.67 bits per heavy atom. The Balaban J connectivity index is 2.21. The van der Waals surface area contributed by atoms with Crippen molar-refractivity contribution in [3.05, 3.63) is 23.6 Å². The predicted molar refractivity (Wildman–Crippen MR) is 50.4 cm³/mol. The zero-order chi connectivity index (χ0) is 8.55. The van der Waals surface area contributed by atoms with Gasteiger partial charge < -0.3 is 10.6 Å². The van der Waals surface area contributed by atoms with E-state index in [1.54, 1.807) is 16.4 Å². The third-order valence-corrected chi connectivity index (χ3v) is 2.52. The second-order valence-corrected chi connectivity index (χ2v) is 3.67. The van der Waals surface area contributed by atoms with Crippen molar-refractivity contribution in [1.29, 1.82) is 0 Å². The molecule has 0 unspecified atom stereocenters. The topological polar surface area (TPSA) is 47.1 Å². The Morgan fingerprint density at radius 3 is 3.00 bits per heavy atom. The third-order valence-electron chi connectivity index (χ3n) is 1.68. The molecular formula is C7H10N4S. The number of nitrogens with zero attached hydrogens (tertiary/aromatic N) is 3. The Kier molecular flexibility index (Phi) is 1.73. The van der Waals surface area contributed by atoms with E-state index >= 15 is 0 Å². The number of aromatic nitrogens is 2. The van der Waals surface area contributed by atoms with Gasteiger partial charge in [-0.15, -0.1) is 0 Å². The molecule has 4 nitrogen and oxygen atoms in total. The van der Waals surface area contributed by atoms with Gasteiger partial charge in [-0.1, -0.05) is 11.8 Å². The fourth-order valence-electron chi connectivity index (χ4n) is 1.08. The number of hydrogen-bond acceptors (Lipinski definition) is 4. The van der Waals surface area contributed by atoms with Gasteiger partial charge in [0.05, 0.1) is 22.8 Å². The molecule has 12 heavy (non-hydrogen) atoms. The van der Waals surface area contributed by atoms with Gasteiger partial charge in [0.2, 0.25) is 0 Å². The van der Waals surface area contributed by atoms with Crippen LogP contribution in [0.3, 0.4) is 0 Å². The van der Waals surface area contributed by atoms with Crippen LogP contribution < -0.4 is 10.6 Å². The first-order valence-electron chi connectivity index (χ1n) is 3.61. The second kappa shape index (κ2) is 2.75. The molecule has 2 N–H and O–H groups in total. The van der Waals surface area contributed by atoms with Crippen LogP contribution >= 0.6 is 11.8 Å². The van der Waals surface area contributed by atoms with E-state index in [0.29, 0.717) is 0 Å². The van der Waals surface area contributed by atoms with Crippen LogP contribution in [-0.2, 0) is 7.05 Å². The van der Waals surface area contributed by atoms with E-state index in [0.717, 1.165) is 16.6 Å². The van der Waals surface area contributed by atoms with Crippen LogP contribution in [0, 0.1) is 0 Å². The van der Waals surface area contributed by atoms with Crippen LogP contribution in [-0.4, -0.2) is 15.7 Å². The molecule has 0 saturated carbocycles. The highest BCUT2D eigenvalue weighted by Gasteiger charge is 2.12. The lowest BCUT2D eigenvalue weighted by molar-refractivity contribution is 0.767. The van der Waals surface area contributed by atoms with Gasteiger partial charge >= 0.3 is 0 Å². The molecule has 2 rings (SSSR count). The molecule has 0 amide bonds. The van der Waals surface area contributed by atoms with Crippen molar-refractivity contribution in [3.63, 3.8) is 0 Å². The Morgan fingerprint density at radius 2 is 2.50 bits per heavy atom. The molecule has 0 saturated heterocycles. The molecule has 2 heterocycles. The standard InChI is InChI=1S/C7H10N4S/c1-10-3-6(2-9-10)11-4-7(8)12-5-11/h2-4H,5,8H2,1H3. The molecule has 1 aliphatic rings. The molecule has 0 radical (unpaired) electrons.